The van der Waals surface area contributed by atoms with E-state index in [9.17, 15) is 0 Å². The van der Waals surface area contributed by atoms with Crippen molar-refractivity contribution in [1.29, 1.82) is 0 Å². The maximum atomic E-state index is 6.06. The molecule has 0 aliphatic carbocycles. The Labute approximate surface area is 105 Å². The zero-order chi connectivity index (χ0) is 12.5. The van der Waals surface area contributed by atoms with Crippen molar-refractivity contribution in [3.63, 3.8) is 0 Å². The average Bonchev–Trinajstić information content (AvgIpc) is 2.28. The summed E-state index contributed by atoms with van der Waals surface area (Å²) in [6.45, 7) is 9.95. The summed E-state index contributed by atoms with van der Waals surface area (Å²) < 4.78 is 0. The first kappa shape index (κ1) is 12.6. The number of fused-ring (bicyclic) bond motifs is 1. The van der Waals surface area contributed by atoms with Gasteiger partial charge in [-0.1, -0.05) is 38.1 Å². The number of hydrogen-bond donors (Lipinski definition) is 1. The summed E-state index contributed by atoms with van der Waals surface area (Å²) in [6, 6.07) is 9.02. The third-order valence-electron chi connectivity index (χ3n) is 4.07. The molecule has 1 aliphatic heterocycles. The van der Waals surface area contributed by atoms with Crippen LogP contribution in [0.1, 0.15) is 31.9 Å². The lowest BCUT2D eigenvalue weighted by atomic mass is 9.84. The van der Waals surface area contributed by atoms with Crippen LogP contribution in [0.4, 0.5) is 0 Å². The summed E-state index contributed by atoms with van der Waals surface area (Å²) >= 11 is 0. The standard InChI is InChI=1S/C15H24N2/c1-12(16)15(2,3)11-17-9-8-13-6-4-5-7-14(13)10-17/h4-7,12H,8-11,16H2,1-3H3. The second-order valence-electron chi connectivity index (χ2n) is 6.01. The Hall–Kier alpha value is -0.860. The molecule has 1 aromatic carbocycles. The smallest absolute Gasteiger partial charge is 0.0236 e. The molecule has 0 radical (unpaired) electrons. The monoisotopic (exact) mass is 232 g/mol. The molecule has 0 amide bonds. The number of nitrogens with zero attached hydrogens (tertiary/aromatic N) is 1. The van der Waals surface area contributed by atoms with E-state index >= 15 is 0 Å². The number of benzene rings is 1. The van der Waals surface area contributed by atoms with Gasteiger partial charge in [0.1, 0.15) is 0 Å². The SMILES string of the molecule is CC(N)C(C)(C)CN1CCc2ccccc2C1. The zero-order valence-electron chi connectivity index (χ0n) is 11.2. The van der Waals surface area contributed by atoms with Crippen LogP contribution < -0.4 is 5.73 Å². The minimum atomic E-state index is 0.187. The van der Waals surface area contributed by atoms with Gasteiger partial charge in [0.15, 0.2) is 0 Å². The summed E-state index contributed by atoms with van der Waals surface area (Å²) in [7, 11) is 0. The molecule has 0 saturated carbocycles. The van der Waals surface area contributed by atoms with Crippen molar-refractivity contribution >= 4 is 0 Å². The summed E-state index contributed by atoms with van der Waals surface area (Å²) in [6.07, 6.45) is 1.17. The van der Waals surface area contributed by atoms with Gasteiger partial charge in [0.05, 0.1) is 0 Å². The van der Waals surface area contributed by atoms with Gasteiger partial charge in [-0.25, -0.2) is 0 Å². The van der Waals surface area contributed by atoms with Crippen molar-refractivity contribution in [2.45, 2.75) is 39.8 Å². The highest BCUT2D eigenvalue weighted by Gasteiger charge is 2.27. The van der Waals surface area contributed by atoms with Gasteiger partial charge in [0.25, 0.3) is 0 Å². The molecule has 0 bridgehead atoms. The summed E-state index contributed by atoms with van der Waals surface area (Å²) in [4.78, 5) is 2.53. The van der Waals surface area contributed by atoms with Gasteiger partial charge in [-0.2, -0.15) is 0 Å². The van der Waals surface area contributed by atoms with E-state index in [2.05, 4.69) is 49.9 Å². The minimum Gasteiger partial charge on any atom is -0.327 e. The van der Waals surface area contributed by atoms with Gasteiger partial charge >= 0.3 is 0 Å². The first-order valence-electron chi connectivity index (χ1n) is 6.54. The van der Waals surface area contributed by atoms with Crippen LogP contribution in [-0.2, 0) is 13.0 Å². The molecule has 1 aliphatic rings. The lowest BCUT2D eigenvalue weighted by Crippen LogP contribution is -2.45. The highest BCUT2D eigenvalue weighted by Crippen LogP contribution is 2.25. The number of nitrogens with two attached hydrogens (primary N) is 1. The van der Waals surface area contributed by atoms with Crippen molar-refractivity contribution in [2.75, 3.05) is 13.1 Å². The third kappa shape index (κ3) is 2.88. The van der Waals surface area contributed by atoms with Gasteiger partial charge in [-0.15, -0.1) is 0 Å². The Morgan fingerprint density at radius 1 is 1.29 bits per heavy atom. The predicted octanol–water partition coefficient (Wildman–Crippen LogP) is 2.42. The lowest BCUT2D eigenvalue weighted by molar-refractivity contribution is 0.145. The first-order chi connectivity index (χ1) is 7.99. The van der Waals surface area contributed by atoms with E-state index in [4.69, 9.17) is 5.73 Å². The van der Waals surface area contributed by atoms with Crippen molar-refractivity contribution in [2.24, 2.45) is 11.1 Å². The topological polar surface area (TPSA) is 29.3 Å². The van der Waals surface area contributed by atoms with Crippen LogP contribution in [-0.4, -0.2) is 24.0 Å². The van der Waals surface area contributed by atoms with Gasteiger partial charge in [0, 0.05) is 25.7 Å². The van der Waals surface area contributed by atoms with E-state index in [1.165, 1.54) is 17.5 Å². The highest BCUT2D eigenvalue weighted by molar-refractivity contribution is 5.29. The van der Waals surface area contributed by atoms with Crippen LogP contribution in [0.3, 0.4) is 0 Å². The van der Waals surface area contributed by atoms with Gasteiger partial charge in [0.2, 0.25) is 0 Å². The molecule has 0 fully saturated rings. The van der Waals surface area contributed by atoms with Crippen molar-refractivity contribution in [1.82, 2.24) is 4.90 Å². The minimum absolute atomic E-state index is 0.187. The lowest BCUT2D eigenvalue weighted by Gasteiger charge is -2.37. The molecule has 2 rings (SSSR count). The third-order valence-corrected chi connectivity index (χ3v) is 4.07. The average molecular weight is 232 g/mol. The van der Waals surface area contributed by atoms with Gasteiger partial charge < -0.3 is 5.73 Å². The Bertz CT molecular complexity index is 382. The number of rotatable bonds is 3. The molecule has 1 aromatic rings. The van der Waals surface area contributed by atoms with Crippen molar-refractivity contribution in [3.8, 4) is 0 Å². The van der Waals surface area contributed by atoms with E-state index in [1.807, 2.05) is 0 Å². The molecule has 2 nitrogen and oxygen atoms in total. The fourth-order valence-corrected chi connectivity index (χ4v) is 2.41. The van der Waals surface area contributed by atoms with E-state index in [1.54, 1.807) is 0 Å². The fourth-order valence-electron chi connectivity index (χ4n) is 2.41. The zero-order valence-corrected chi connectivity index (χ0v) is 11.2. The quantitative estimate of drug-likeness (QED) is 0.867. The van der Waals surface area contributed by atoms with E-state index in [0.29, 0.717) is 0 Å². The second-order valence-corrected chi connectivity index (χ2v) is 6.01. The molecule has 94 valence electrons. The molecular formula is C15H24N2. The molecule has 1 atom stereocenters. The summed E-state index contributed by atoms with van der Waals surface area (Å²) in [5.41, 5.74) is 9.24. The van der Waals surface area contributed by atoms with Crippen LogP contribution in [0.25, 0.3) is 0 Å². The van der Waals surface area contributed by atoms with Gasteiger partial charge in [-0.05, 0) is 29.9 Å². The first-order valence-corrected chi connectivity index (χ1v) is 6.54. The Morgan fingerprint density at radius 3 is 2.59 bits per heavy atom. The maximum absolute atomic E-state index is 6.06. The van der Waals surface area contributed by atoms with Crippen LogP contribution in [0.2, 0.25) is 0 Å². The Balaban J connectivity index is 2.03. The molecule has 2 N–H and O–H groups in total. The Kier molecular flexibility index (Phi) is 3.55. The normalized spacial score (nSPS) is 18.8. The molecule has 0 spiro atoms. The largest absolute Gasteiger partial charge is 0.327 e. The molecule has 0 aromatic heterocycles. The van der Waals surface area contributed by atoms with Crippen LogP contribution in [0.15, 0.2) is 24.3 Å². The van der Waals surface area contributed by atoms with Gasteiger partial charge in [-0.3, -0.25) is 4.90 Å². The van der Waals surface area contributed by atoms with E-state index in [-0.39, 0.29) is 11.5 Å². The highest BCUT2D eigenvalue weighted by atomic mass is 15.1. The second kappa shape index (κ2) is 4.79. The maximum Gasteiger partial charge on any atom is 0.0236 e. The number of hydrogen-bond acceptors (Lipinski definition) is 2. The van der Waals surface area contributed by atoms with Crippen molar-refractivity contribution < 1.29 is 0 Å². The molecule has 1 heterocycles. The molecule has 17 heavy (non-hydrogen) atoms. The molecule has 1 unspecified atom stereocenters. The van der Waals surface area contributed by atoms with Crippen molar-refractivity contribution in [3.05, 3.63) is 35.4 Å². The van der Waals surface area contributed by atoms with E-state index < -0.39 is 0 Å². The molecular weight excluding hydrogens is 208 g/mol. The van der Waals surface area contributed by atoms with Crippen LogP contribution >= 0.6 is 0 Å². The Morgan fingerprint density at radius 2 is 1.94 bits per heavy atom. The molecule has 2 heteroatoms. The predicted molar refractivity (Wildman–Crippen MR) is 72.9 cm³/mol. The summed E-state index contributed by atoms with van der Waals surface area (Å²) in [5.74, 6) is 0. The van der Waals surface area contributed by atoms with E-state index in [0.717, 1.165) is 19.6 Å². The fraction of sp³-hybridized carbons (Fsp3) is 0.600. The summed E-state index contributed by atoms with van der Waals surface area (Å²) in [5, 5.41) is 0. The van der Waals surface area contributed by atoms with Crippen LogP contribution in [0.5, 0.6) is 0 Å². The van der Waals surface area contributed by atoms with Crippen LogP contribution in [0, 0.1) is 5.41 Å². The molecule has 0 saturated heterocycles.